The SMILES string of the molecule is CCc1ccc(S(=O)(=O)Nc2cc(C(=O)O)ccn2)cc1. The smallest absolute Gasteiger partial charge is 0.335 e. The standard InChI is InChI=1S/C14H14N2O4S/c1-2-10-3-5-12(6-4-10)21(19,20)16-13-9-11(14(17)18)7-8-15-13/h3-9H,2H2,1H3,(H,15,16)(H,17,18). The van der Waals surface area contributed by atoms with E-state index >= 15 is 0 Å². The van der Waals surface area contributed by atoms with Gasteiger partial charge in [-0.25, -0.2) is 18.2 Å². The van der Waals surface area contributed by atoms with Crippen LogP contribution < -0.4 is 4.72 Å². The number of nitrogens with one attached hydrogen (secondary N) is 1. The lowest BCUT2D eigenvalue weighted by Crippen LogP contribution is -2.14. The molecule has 0 atom stereocenters. The zero-order valence-electron chi connectivity index (χ0n) is 11.3. The second-order valence-electron chi connectivity index (χ2n) is 4.34. The van der Waals surface area contributed by atoms with Crippen LogP contribution in [-0.4, -0.2) is 24.5 Å². The fourth-order valence-corrected chi connectivity index (χ4v) is 2.72. The van der Waals surface area contributed by atoms with Crippen LogP contribution in [0.1, 0.15) is 22.8 Å². The summed E-state index contributed by atoms with van der Waals surface area (Å²) >= 11 is 0. The van der Waals surface area contributed by atoms with E-state index in [0.29, 0.717) is 0 Å². The van der Waals surface area contributed by atoms with Crippen molar-refractivity contribution in [3.05, 3.63) is 53.7 Å². The number of anilines is 1. The number of hydrogen-bond donors (Lipinski definition) is 2. The molecule has 2 aromatic rings. The third-order valence-electron chi connectivity index (χ3n) is 2.89. The number of pyridine rings is 1. The molecule has 0 unspecified atom stereocenters. The van der Waals surface area contributed by atoms with E-state index in [9.17, 15) is 13.2 Å². The molecule has 7 heteroatoms. The van der Waals surface area contributed by atoms with Crippen LogP contribution in [0.15, 0.2) is 47.5 Å². The Kier molecular flexibility index (Phi) is 4.23. The van der Waals surface area contributed by atoms with Gasteiger partial charge in [0.2, 0.25) is 0 Å². The van der Waals surface area contributed by atoms with Gasteiger partial charge in [-0.05, 0) is 36.2 Å². The predicted molar refractivity (Wildman–Crippen MR) is 77.8 cm³/mol. The molecule has 0 aliphatic carbocycles. The van der Waals surface area contributed by atoms with Gasteiger partial charge < -0.3 is 5.11 Å². The van der Waals surface area contributed by atoms with Gasteiger partial charge in [-0.2, -0.15) is 0 Å². The van der Waals surface area contributed by atoms with E-state index in [-0.39, 0.29) is 16.3 Å². The maximum absolute atomic E-state index is 12.2. The molecular formula is C14H14N2O4S. The Morgan fingerprint density at radius 1 is 1.24 bits per heavy atom. The number of carboxylic acids is 1. The Bertz CT molecular complexity index is 755. The number of hydrogen-bond acceptors (Lipinski definition) is 4. The molecule has 2 rings (SSSR count). The van der Waals surface area contributed by atoms with Gasteiger partial charge in [0.15, 0.2) is 0 Å². The molecule has 0 aliphatic rings. The lowest BCUT2D eigenvalue weighted by atomic mass is 10.2. The minimum Gasteiger partial charge on any atom is -0.478 e. The van der Waals surface area contributed by atoms with Gasteiger partial charge in [0.05, 0.1) is 10.5 Å². The minimum absolute atomic E-state index is 0.0329. The molecular weight excluding hydrogens is 292 g/mol. The molecule has 0 amide bonds. The topological polar surface area (TPSA) is 96.4 Å². The quantitative estimate of drug-likeness (QED) is 0.882. The van der Waals surface area contributed by atoms with E-state index in [4.69, 9.17) is 5.11 Å². The van der Waals surface area contributed by atoms with Gasteiger partial charge in [0.25, 0.3) is 10.0 Å². The average Bonchev–Trinajstić information content (AvgIpc) is 2.47. The Hall–Kier alpha value is -2.41. The summed E-state index contributed by atoms with van der Waals surface area (Å²) in [6.45, 7) is 1.98. The zero-order valence-corrected chi connectivity index (χ0v) is 12.1. The average molecular weight is 306 g/mol. The highest BCUT2D eigenvalue weighted by atomic mass is 32.2. The molecule has 0 saturated carbocycles. The highest BCUT2D eigenvalue weighted by Gasteiger charge is 2.15. The van der Waals surface area contributed by atoms with Gasteiger partial charge >= 0.3 is 5.97 Å². The van der Waals surface area contributed by atoms with Crippen molar-refractivity contribution in [3.63, 3.8) is 0 Å². The lowest BCUT2D eigenvalue weighted by Gasteiger charge is -2.08. The summed E-state index contributed by atoms with van der Waals surface area (Å²) < 4.78 is 26.6. The van der Waals surface area contributed by atoms with Crippen molar-refractivity contribution < 1.29 is 18.3 Å². The number of aryl methyl sites for hydroxylation is 1. The third kappa shape index (κ3) is 3.57. The van der Waals surface area contributed by atoms with Crippen molar-refractivity contribution in [1.29, 1.82) is 0 Å². The van der Waals surface area contributed by atoms with Crippen molar-refractivity contribution in [2.75, 3.05) is 4.72 Å². The van der Waals surface area contributed by atoms with E-state index in [1.165, 1.54) is 30.5 Å². The molecule has 1 heterocycles. The van der Waals surface area contributed by atoms with Crippen molar-refractivity contribution in [2.24, 2.45) is 0 Å². The van der Waals surface area contributed by atoms with Crippen LogP contribution >= 0.6 is 0 Å². The summed E-state index contributed by atoms with van der Waals surface area (Å²) in [5.74, 6) is -1.18. The van der Waals surface area contributed by atoms with Crippen LogP contribution in [-0.2, 0) is 16.4 Å². The van der Waals surface area contributed by atoms with E-state index in [1.807, 2.05) is 6.92 Å². The van der Waals surface area contributed by atoms with Gasteiger partial charge in [-0.1, -0.05) is 19.1 Å². The molecule has 21 heavy (non-hydrogen) atoms. The van der Waals surface area contributed by atoms with E-state index in [0.717, 1.165) is 12.0 Å². The fourth-order valence-electron chi connectivity index (χ4n) is 1.72. The first-order valence-electron chi connectivity index (χ1n) is 6.23. The van der Waals surface area contributed by atoms with Crippen molar-refractivity contribution in [3.8, 4) is 0 Å². The van der Waals surface area contributed by atoms with E-state index in [2.05, 4.69) is 9.71 Å². The molecule has 0 aliphatic heterocycles. The second kappa shape index (κ2) is 5.92. The zero-order chi connectivity index (χ0) is 15.5. The lowest BCUT2D eigenvalue weighted by molar-refractivity contribution is 0.0697. The van der Waals surface area contributed by atoms with Crippen LogP contribution in [0, 0.1) is 0 Å². The molecule has 0 fully saturated rings. The van der Waals surface area contributed by atoms with Crippen LogP contribution in [0.25, 0.3) is 0 Å². The molecule has 0 spiro atoms. The summed E-state index contributed by atoms with van der Waals surface area (Å²) in [7, 11) is -3.79. The van der Waals surface area contributed by atoms with Crippen LogP contribution in [0.4, 0.5) is 5.82 Å². The number of rotatable bonds is 5. The minimum atomic E-state index is -3.79. The Labute approximate surface area is 122 Å². The molecule has 110 valence electrons. The molecule has 0 radical (unpaired) electrons. The second-order valence-corrected chi connectivity index (χ2v) is 6.02. The molecule has 1 aromatic carbocycles. The monoisotopic (exact) mass is 306 g/mol. The van der Waals surface area contributed by atoms with Crippen molar-refractivity contribution in [1.82, 2.24) is 4.98 Å². The van der Waals surface area contributed by atoms with Gasteiger partial charge in [-0.3, -0.25) is 4.72 Å². The first kappa shape index (κ1) is 15.0. The van der Waals surface area contributed by atoms with E-state index < -0.39 is 16.0 Å². The normalized spacial score (nSPS) is 11.1. The molecule has 6 nitrogen and oxygen atoms in total. The molecule has 0 bridgehead atoms. The molecule has 2 N–H and O–H groups in total. The van der Waals surface area contributed by atoms with E-state index in [1.54, 1.807) is 12.1 Å². The van der Waals surface area contributed by atoms with Crippen LogP contribution in [0.2, 0.25) is 0 Å². The number of benzene rings is 1. The number of aromatic carboxylic acids is 1. The van der Waals surface area contributed by atoms with Gasteiger partial charge in [0, 0.05) is 6.20 Å². The Balaban J connectivity index is 2.28. The molecule has 1 aromatic heterocycles. The number of carbonyl (C=O) groups is 1. The summed E-state index contributed by atoms with van der Waals surface area (Å²) in [5, 5.41) is 8.88. The van der Waals surface area contributed by atoms with Crippen LogP contribution in [0.3, 0.4) is 0 Å². The third-order valence-corrected chi connectivity index (χ3v) is 4.26. The summed E-state index contributed by atoms with van der Waals surface area (Å²) in [4.78, 5) is 14.8. The number of carboxylic acid groups (broad SMARTS) is 1. The highest BCUT2D eigenvalue weighted by molar-refractivity contribution is 7.92. The first-order chi connectivity index (χ1) is 9.92. The fraction of sp³-hybridized carbons (Fsp3) is 0.143. The largest absolute Gasteiger partial charge is 0.478 e. The van der Waals surface area contributed by atoms with Gasteiger partial charge in [0.1, 0.15) is 5.82 Å². The summed E-state index contributed by atoms with van der Waals surface area (Å²) in [6, 6.07) is 8.92. The summed E-state index contributed by atoms with van der Waals surface area (Å²) in [5.41, 5.74) is 0.990. The van der Waals surface area contributed by atoms with Crippen molar-refractivity contribution >= 4 is 21.8 Å². The number of sulfonamides is 1. The number of aromatic nitrogens is 1. The predicted octanol–water partition coefficient (Wildman–Crippen LogP) is 2.14. The Morgan fingerprint density at radius 3 is 2.48 bits per heavy atom. The maximum atomic E-state index is 12.2. The maximum Gasteiger partial charge on any atom is 0.335 e. The highest BCUT2D eigenvalue weighted by Crippen LogP contribution is 2.16. The number of nitrogens with zero attached hydrogens (tertiary/aromatic N) is 1. The first-order valence-corrected chi connectivity index (χ1v) is 7.72. The van der Waals surface area contributed by atoms with Crippen LogP contribution in [0.5, 0.6) is 0 Å². The van der Waals surface area contributed by atoms with Crippen molar-refractivity contribution in [2.45, 2.75) is 18.2 Å². The summed E-state index contributed by atoms with van der Waals surface area (Å²) in [6.07, 6.45) is 2.05. The van der Waals surface area contributed by atoms with Gasteiger partial charge in [-0.15, -0.1) is 0 Å². The molecule has 0 saturated heterocycles. The Morgan fingerprint density at radius 2 is 1.90 bits per heavy atom.